The van der Waals surface area contributed by atoms with Crippen LogP contribution in [0, 0.1) is 5.92 Å². The molecule has 0 saturated carbocycles. The second-order valence-electron chi connectivity index (χ2n) is 12.9. The Kier molecular flexibility index (Phi) is 10.1. The van der Waals surface area contributed by atoms with Crippen LogP contribution >= 0.6 is 0 Å². The minimum absolute atomic E-state index is 0.0137. The quantitative estimate of drug-likeness (QED) is 0.289. The monoisotopic (exact) mass is 656 g/mol. The van der Waals surface area contributed by atoms with Crippen LogP contribution in [-0.2, 0) is 35.2 Å². The number of benzene rings is 3. The zero-order valence-corrected chi connectivity index (χ0v) is 27.6. The van der Waals surface area contributed by atoms with Crippen LogP contribution in [0.5, 0.6) is 0 Å². The minimum Gasteiger partial charge on any atom is -0.453 e. The van der Waals surface area contributed by atoms with Crippen LogP contribution in [0.3, 0.4) is 0 Å². The molecule has 0 bridgehead atoms. The van der Waals surface area contributed by atoms with Gasteiger partial charge in [-0.2, -0.15) is 0 Å². The van der Waals surface area contributed by atoms with Crippen molar-refractivity contribution in [3.63, 3.8) is 0 Å². The number of amides is 2. The van der Waals surface area contributed by atoms with Gasteiger partial charge in [-0.25, -0.2) is 0 Å². The Morgan fingerprint density at radius 2 is 1.75 bits per heavy atom. The number of hydrogen-bond donors (Lipinski definition) is 3. The van der Waals surface area contributed by atoms with Gasteiger partial charge in [-0.3, -0.25) is 14.4 Å². The molecule has 11 nitrogen and oxygen atoms in total. The van der Waals surface area contributed by atoms with Crippen molar-refractivity contribution < 1.29 is 33.7 Å². The lowest BCUT2D eigenvalue weighted by atomic mass is 9.84. The van der Waals surface area contributed by atoms with E-state index in [4.69, 9.17) is 14.2 Å². The molecule has 2 amide bonds. The summed E-state index contributed by atoms with van der Waals surface area (Å²) in [5.74, 6) is -0.897. The Bertz CT molecular complexity index is 1590. The van der Waals surface area contributed by atoms with E-state index < -0.39 is 29.8 Å². The van der Waals surface area contributed by atoms with Gasteiger partial charge in [0.2, 0.25) is 5.91 Å². The number of piperidine rings is 1. The summed E-state index contributed by atoms with van der Waals surface area (Å²) >= 11 is 0. The molecule has 3 saturated heterocycles. The van der Waals surface area contributed by atoms with E-state index in [0.717, 1.165) is 35.5 Å². The zero-order valence-electron chi connectivity index (χ0n) is 27.6. The summed E-state index contributed by atoms with van der Waals surface area (Å²) in [5, 5.41) is 15.5. The number of aliphatic hydroxyl groups excluding tert-OH is 1. The smallest absolute Gasteiger partial charge is 0.303 e. The molecular weight excluding hydrogens is 612 g/mol. The van der Waals surface area contributed by atoms with Crippen molar-refractivity contribution in [3.05, 3.63) is 95.6 Å². The van der Waals surface area contributed by atoms with Gasteiger partial charge in [0.1, 0.15) is 5.54 Å². The first kappa shape index (κ1) is 33.6. The summed E-state index contributed by atoms with van der Waals surface area (Å²) in [5.41, 5.74) is 3.54. The lowest BCUT2D eigenvalue weighted by Gasteiger charge is -2.46. The predicted molar refractivity (Wildman–Crippen MR) is 180 cm³/mol. The fourth-order valence-corrected chi connectivity index (χ4v) is 7.03. The van der Waals surface area contributed by atoms with Crippen LogP contribution in [0.2, 0.25) is 0 Å². The summed E-state index contributed by atoms with van der Waals surface area (Å²) in [7, 11) is 0. The average molecular weight is 657 g/mol. The molecule has 0 aliphatic carbocycles. The first-order valence-corrected chi connectivity index (χ1v) is 16.6. The summed E-state index contributed by atoms with van der Waals surface area (Å²) in [6, 6.07) is 25.2. The Balaban J connectivity index is 1.20. The van der Waals surface area contributed by atoms with E-state index in [1.54, 1.807) is 6.07 Å². The second-order valence-corrected chi connectivity index (χ2v) is 12.9. The number of nitrogens with zero attached hydrogens (tertiary/aromatic N) is 2. The molecule has 3 N–H and O–H groups in total. The third kappa shape index (κ3) is 7.09. The van der Waals surface area contributed by atoms with Crippen molar-refractivity contribution in [2.75, 3.05) is 36.5 Å². The van der Waals surface area contributed by atoms with E-state index >= 15 is 0 Å². The Labute approximate surface area is 281 Å². The van der Waals surface area contributed by atoms with E-state index in [9.17, 15) is 19.5 Å². The maximum Gasteiger partial charge on any atom is 0.303 e. The third-order valence-corrected chi connectivity index (χ3v) is 9.79. The summed E-state index contributed by atoms with van der Waals surface area (Å²) in [6.07, 6.45) is -0.757. The molecule has 0 radical (unpaired) electrons. The molecule has 1 spiro atoms. The normalized spacial score (nSPS) is 24.6. The number of ether oxygens (including phenoxy) is 3. The molecule has 3 aromatic carbocycles. The van der Waals surface area contributed by atoms with Crippen LogP contribution in [0.25, 0.3) is 0 Å². The van der Waals surface area contributed by atoms with E-state index in [2.05, 4.69) is 39.5 Å². The number of anilines is 2. The van der Waals surface area contributed by atoms with E-state index in [1.165, 1.54) is 13.8 Å². The van der Waals surface area contributed by atoms with Gasteiger partial charge in [0.05, 0.1) is 25.5 Å². The largest absolute Gasteiger partial charge is 0.453 e. The number of carbonyl (C=O) groups excluding carboxylic acids is 3. The van der Waals surface area contributed by atoms with Crippen molar-refractivity contribution in [1.82, 2.24) is 10.2 Å². The SMILES string of the molecule is CC(=O)OC(C)C(=O)Nc1cccc(C2OC(CN3CCC4(CC3)C(=O)NCN4c3ccccc3)C(C)C(c3ccc(CO)cc3)O2)c1. The Hall–Kier alpha value is -4.29. The van der Waals surface area contributed by atoms with Gasteiger partial charge >= 0.3 is 5.97 Å². The third-order valence-electron chi connectivity index (χ3n) is 9.79. The second kappa shape index (κ2) is 14.4. The molecule has 3 aromatic rings. The van der Waals surface area contributed by atoms with Crippen LogP contribution in [-0.4, -0.2) is 71.8 Å². The summed E-state index contributed by atoms with van der Waals surface area (Å²) in [4.78, 5) is 41.8. The van der Waals surface area contributed by atoms with Gasteiger partial charge in [0.15, 0.2) is 12.4 Å². The Morgan fingerprint density at radius 1 is 1.02 bits per heavy atom. The number of aliphatic hydroxyl groups is 1. The fourth-order valence-electron chi connectivity index (χ4n) is 7.03. The van der Waals surface area contributed by atoms with E-state index in [-0.39, 0.29) is 30.6 Å². The molecule has 11 heteroatoms. The topological polar surface area (TPSA) is 130 Å². The number of hydrogen-bond acceptors (Lipinski definition) is 9. The first-order valence-electron chi connectivity index (χ1n) is 16.6. The minimum atomic E-state index is -0.941. The maximum absolute atomic E-state index is 13.2. The molecular formula is C37H44N4O7. The zero-order chi connectivity index (χ0) is 33.8. The van der Waals surface area contributed by atoms with Crippen LogP contribution in [0.1, 0.15) is 62.7 Å². The van der Waals surface area contributed by atoms with Gasteiger partial charge in [0.25, 0.3) is 5.91 Å². The number of carbonyl (C=O) groups is 3. The van der Waals surface area contributed by atoms with Crippen LogP contribution < -0.4 is 15.5 Å². The molecule has 3 aliphatic rings. The molecule has 3 heterocycles. The standard InChI is InChI=1S/C37H44N4O7/c1-24-32(21-40-18-16-37(17-19-40)36(45)38-23-41(37)31-10-5-4-6-11-31)47-35(48-33(24)28-14-12-27(22-42)13-15-28)29-8-7-9-30(20-29)39-34(44)25(2)46-26(3)43/h4-15,20,24-25,32-33,35,42H,16-19,21-23H2,1-3H3,(H,38,45)(H,39,44). The van der Waals surface area contributed by atoms with Gasteiger partial charge in [-0.1, -0.05) is 61.5 Å². The highest BCUT2D eigenvalue weighted by Crippen LogP contribution is 2.43. The molecule has 48 heavy (non-hydrogen) atoms. The summed E-state index contributed by atoms with van der Waals surface area (Å²) < 4.78 is 18.4. The number of esters is 1. The molecule has 254 valence electrons. The van der Waals surface area contributed by atoms with Crippen molar-refractivity contribution in [1.29, 1.82) is 0 Å². The first-order chi connectivity index (χ1) is 23.2. The Morgan fingerprint density at radius 3 is 2.44 bits per heavy atom. The molecule has 5 unspecified atom stereocenters. The van der Waals surface area contributed by atoms with Crippen LogP contribution in [0.15, 0.2) is 78.9 Å². The van der Waals surface area contributed by atoms with Gasteiger partial charge in [-0.15, -0.1) is 0 Å². The fraction of sp³-hybridized carbons (Fsp3) is 0.432. The highest BCUT2D eigenvalue weighted by molar-refractivity contribution is 5.95. The average Bonchev–Trinajstić information content (AvgIpc) is 3.41. The lowest BCUT2D eigenvalue weighted by molar-refractivity contribution is -0.276. The molecule has 6 rings (SSSR count). The van der Waals surface area contributed by atoms with Crippen molar-refractivity contribution in [2.24, 2.45) is 5.92 Å². The highest BCUT2D eigenvalue weighted by Gasteiger charge is 2.51. The van der Waals surface area contributed by atoms with Crippen molar-refractivity contribution in [2.45, 2.75) is 70.4 Å². The number of para-hydroxylation sites is 1. The number of rotatable bonds is 9. The lowest BCUT2D eigenvalue weighted by Crippen LogP contribution is -2.57. The maximum atomic E-state index is 13.2. The molecule has 5 atom stereocenters. The van der Waals surface area contributed by atoms with E-state index in [1.807, 2.05) is 60.7 Å². The molecule has 3 fully saturated rings. The molecule has 3 aliphatic heterocycles. The van der Waals surface area contributed by atoms with Crippen molar-refractivity contribution in [3.8, 4) is 0 Å². The van der Waals surface area contributed by atoms with Gasteiger partial charge < -0.3 is 39.8 Å². The van der Waals surface area contributed by atoms with Crippen molar-refractivity contribution >= 4 is 29.2 Å². The highest BCUT2D eigenvalue weighted by atomic mass is 16.7. The number of likely N-dealkylation sites (tertiary alicyclic amines) is 1. The van der Waals surface area contributed by atoms with E-state index in [0.29, 0.717) is 31.7 Å². The summed E-state index contributed by atoms with van der Waals surface area (Å²) in [6.45, 7) is 7.52. The van der Waals surface area contributed by atoms with Gasteiger partial charge in [0, 0.05) is 49.4 Å². The number of nitrogens with one attached hydrogen (secondary N) is 2. The van der Waals surface area contributed by atoms with Crippen LogP contribution in [0.4, 0.5) is 11.4 Å². The predicted octanol–water partition coefficient (Wildman–Crippen LogP) is 4.29. The molecule has 0 aromatic heterocycles. The van der Waals surface area contributed by atoms with Gasteiger partial charge in [-0.05, 0) is 55.2 Å².